The number of rotatable bonds is 3. The molecule has 26 heavy (non-hydrogen) atoms. The molecule has 0 spiro atoms. The highest BCUT2D eigenvalue weighted by atomic mass is 32.2. The largest absolute Gasteiger partial charge is 0.329 e. The van der Waals surface area contributed by atoms with E-state index in [4.69, 9.17) is 5.26 Å². The number of nitriles is 1. The maximum atomic E-state index is 12.9. The Labute approximate surface area is 151 Å². The number of nitrogens with one attached hydrogen (secondary N) is 1. The van der Waals surface area contributed by atoms with Crippen LogP contribution in [0.15, 0.2) is 35.4 Å². The molecule has 3 rings (SSSR count). The zero-order chi connectivity index (χ0) is 18.9. The number of H-pyrrole nitrogens is 1. The number of nitrogens with zero attached hydrogens (tertiary/aromatic N) is 5. The number of aromatic nitrogens is 3. The molecule has 0 saturated carbocycles. The van der Waals surface area contributed by atoms with Crippen LogP contribution in [-0.4, -0.2) is 64.1 Å². The lowest BCUT2D eigenvalue weighted by Gasteiger charge is -2.43. The zero-order valence-electron chi connectivity index (χ0n) is 14.3. The van der Waals surface area contributed by atoms with Gasteiger partial charge in [-0.15, -0.1) is 5.10 Å². The summed E-state index contributed by atoms with van der Waals surface area (Å²) in [6.45, 7) is 3.91. The van der Waals surface area contributed by atoms with Gasteiger partial charge in [-0.3, -0.25) is 9.89 Å². The summed E-state index contributed by atoms with van der Waals surface area (Å²) in [5, 5.41) is 18.8. The lowest BCUT2D eigenvalue weighted by atomic mass is 10.1. The zero-order valence-corrected chi connectivity index (χ0v) is 15.1. The van der Waals surface area contributed by atoms with Crippen LogP contribution in [0, 0.1) is 11.3 Å². The Morgan fingerprint density at radius 1 is 1.31 bits per heavy atom. The molecule has 9 nitrogen and oxygen atoms in total. The van der Waals surface area contributed by atoms with E-state index in [0.29, 0.717) is 0 Å². The third kappa shape index (κ3) is 3.18. The van der Waals surface area contributed by atoms with Crippen LogP contribution in [0.25, 0.3) is 0 Å². The monoisotopic (exact) mass is 374 g/mol. The predicted molar refractivity (Wildman–Crippen MR) is 91.4 cm³/mol. The van der Waals surface area contributed by atoms with E-state index in [9.17, 15) is 13.2 Å². The molecule has 136 valence electrons. The molecule has 10 heteroatoms. The van der Waals surface area contributed by atoms with Crippen molar-refractivity contribution in [3.05, 3.63) is 41.7 Å². The number of carbonyl (C=O) groups excluding carboxylic acids is 1. The Morgan fingerprint density at radius 3 is 2.58 bits per heavy atom. The molecule has 1 aliphatic heterocycles. The predicted octanol–water partition coefficient (Wildman–Crippen LogP) is 0.600. The SMILES string of the molecule is C[C@@H]1CN(S(=O)(=O)c2cccc(C#N)c2)C[C@H](C)N1C(=O)c1c[nH]nn1. The number of amides is 1. The van der Waals surface area contributed by atoms with Gasteiger partial charge in [-0.2, -0.15) is 9.57 Å². The highest BCUT2D eigenvalue weighted by Gasteiger charge is 2.39. The van der Waals surface area contributed by atoms with Crippen LogP contribution >= 0.6 is 0 Å². The van der Waals surface area contributed by atoms with E-state index < -0.39 is 10.0 Å². The number of hydrogen-bond acceptors (Lipinski definition) is 6. The third-order valence-electron chi connectivity index (χ3n) is 4.36. The topological polar surface area (TPSA) is 123 Å². The summed E-state index contributed by atoms with van der Waals surface area (Å²) in [6, 6.07) is 7.20. The van der Waals surface area contributed by atoms with Crippen molar-refractivity contribution in [2.24, 2.45) is 0 Å². The summed E-state index contributed by atoms with van der Waals surface area (Å²) < 4.78 is 27.2. The Hall–Kier alpha value is -2.77. The van der Waals surface area contributed by atoms with Crippen LogP contribution in [0.3, 0.4) is 0 Å². The van der Waals surface area contributed by atoms with Crippen LogP contribution in [-0.2, 0) is 10.0 Å². The first-order valence-electron chi connectivity index (χ1n) is 8.04. The smallest absolute Gasteiger partial charge is 0.276 e. The fourth-order valence-electron chi connectivity index (χ4n) is 3.18. The van der Waals surface area contributed by atoms with Gasteiger partial charge in [0.15, 0.2) is 5.69 Å². The van der Waals surface area contributed by atoms with E-state index in [2.05, 4.69) is 15.4 Å². The van der Waals surface area contributed by atoms with Gasteiger partial charge in [0, 0.05) is 25.2 Å². The highest BCUT2D eigenvalue weighted by Crippen LogP contribution is 2.24. The van der Waals surface area contributed by atoms with Crippen molar-refractivity contribution in [3.8, 4) is 6.07 Å². The molecular formula is C16H18N6O3S. The van der Waals surface area contributed by atoms with Gasteiger partial charge in [-0.25, -0.2) is 8.42 Å². The van der Waals surface area contributed by atoms with E-state index in [1.165, 1.54) is 22.6 Å². The average molecular weight is 374 g/mol. The normalized spacial score (nSPS) is 21.3. The number of piperazine rings is 1. The molecule has 2 aromatic rings. The van der Waals surface area contributed by atoms with Crippen molar-refractivity contribution in [2.45, 2.75) is 30.8 Å². The number of benzene rings is 1. The van der Waals surface area contributed by atoms with Crippen LogP contribution in [0.2, 0.25) is 0 Å². The second kappa shape index (κ2) is 6.86. The molecule has 0 radical (unpaired) electrons. The van der Waals surface area contributed by atoms with Gasteiger partial charge in [0.2, 0.25) is 10.0 Å². The van der Waals surface area contributed by atoms with Crippen molar-refractivity contribution in [1.82, 2.24) is 24.6 Å². The number of sulfonamides is 1. The highest BCUT2D eigenvalue weighted by molar-refractivity contribution is 7.89. The molecule has 1 amide bonds. The molecule has 1 aliphatic rings. The Kier molecular flexibility index (Phi) is 4.76. The Balaban J connectivity index is 1.84. The lowest BCUT2D eigenvalue weighted by molar-refractivity contribution is 0.0435. The molecule has 1 fully saturated rings. The molecule has 1 saturated heterocycles. The molecule has 2 heterocycles. The quantitative estimate of drug-likeness (QED) is 0.839. The van der Waals surface area contributed by atoms with E-state index in [-0.39, 0.29) is 47.2 Å². The maximum Gasteiger partial charge on any atom is 0.276 e. The fourth-order valence-corrected chi connectivity index (χ4v) is 4.83. The van der Waals surface area contributed by atoms with Crippen molar-refractivity contribution in [2.75, 3.05) is 13.1 Å². The summed E-state index contributed by atoms with van der Waals surface area (Å²) in [4.78, 5) is 14.3. The molecule has 1 aromatic heterocycles. The van der Waals surface area contributed by atoms with Crippen molar-refractivity contribution >= 4 is 15.9 Å². The average Bonchev–Trinajstić information content (AvgIpc) is 3.15. The van der Waals surface area contributed by atoms with Crippen molar-refractivity contribution in [1.29, 1.82) is 5.26 Å². The Morgan fingerprint density at radius 2 is 2.00 bits per heavy atom. The molecule has 1 aromatic carbocycles. The first kappa shape index (κ1) is 18.0. The molecule has 1 N–H and O–H groups in total. The van der Waals surface area contributed by atoms with Gasteiger partial charge < -0.3 is 4.90 Å². The second-order valence-corrected chi connectivity index (χ2v) is 8.17. The first-order chi connectivity index (χ1) is 12.3. The number of carbonyl (C=O) groups is 1. The van der Waals surface area contributed by atoms with Gasteiger partial charge in [-0.1, -0.05) is 11.3 Å². The summed E-state index contributed by atoms with van der Waals surface area (Å²) in [5.41, 5.74) is 0.480. The van der Waals surface area contributed by atoms with E-state index in [0.717, 1.165) is 0 Å². The van der Waals surface area contributed by atoms with Crippen LogP contribution < -0.4 is 0 Å². The van der Waals surface area contributed by atoms with Gasteiger partial charge in [0.05, 0.1) is 22.7 Å². The standard InChI is InChI=1S/C16H18N6O3S/c1-11-9-21(26(24,25)14-5-3-4-13(6-14)7-17)10-12(2)22(11)16(23)15-8-18-20-19-15/h3-6,8,11-12H,9-10H2,1-2H3,(H,18,19,20)/t11-,12+. The van der Waals surface area contributed by atoms with Crippen LogP contribution in [0.4, 0.5) is 0 Å². The summed E-state index contributed by atoms with van der Waals surface area (Å²) in [6.07, 6.45) is 1.41. The molecule has 2 atom stereocenters. The summed E-state index contributed by atoms with van der Waals surface area (Å²) in [7, 11) is -3.75. The minimum absolute atomic E-state index is 0.0761. The molecule has 0 aliphatic carbocycles. The van der Waals surface area contributed by atoms with Crippen molar-refractivity contribution < 1.29 is 13.2 Å². The van der Waals surface area contributed by atoms with Gasteiger partial charge in [-0.05, 0) is 32.0 Å². The lowest BCUT2D eigenvalue weighted by Crippen LogP contribution is -2.59. The van der Waals surface area contributed by atoms with Crippen molar-refractivity contribution in [3.63, 3.8) is 0 Å². The molecule has 0 bridgehead atoms. The van der Waals surface area contributed by atoms with E-state index in [1.807, 2.05) is 6.07 Å². The van der Waals surface area contributed by atoms with E-state index in [1.54, 1.807) is 30.9 Å². The minimum atomic E-state index is -3.75. The first-order valence-corrected chi connectivity index (χ1v) is 9.48. The van der Waals surface area contributed by atoms with E-state index >= 15 is 0 Å². The van der Waals surface area contributed by atoms with Gasteiger partial charge >= 0.3 is 0 Å². The molecular weight excluding hydrogens is 356 g/mol. The van der Waals surface area contributed by atoms with Gasteiger partial charge in [0.25, 0.3) is 5.91 Å². The van der Waals surface area contributed by atoms with Crippen LogP contribution in [0.5, 0.6) is 0 Å². The fraction of sp³-hybridized carbons (Fsp3) is 0.375. The summed E-state index contributed by atoms with van der Waals surface area (Å²) >= 11 is 0. The minimum Gasteiger partial charge on any atom is -0.329 e. The van der Waals surface area contributed by atoms with Crippen LogP contribution in [0.1, 0.15) is 29.9 Å². The summed E-state index contributed by atoms with van der Waals surface area (Å²) in [5.74, 6) is -0.290. The molecule has 0 unspecified atom stereocenters. The number of aromatic amines is 1. The number of hydrogen-bond donors (Lipinski definition) is 1. The maximum absolute atomic E-state index is 12.9. The second-order valence-electron chi connectivity index (χ2n) is 6.23. The van der Waals surface area contributed by atoms with Gasteiger partial charge in [0.1, 0.15) is 0 Å². The third-order valence-corrected chi connectivity index (χ3v) is 6.18. The Bertz CT molecular complexity index is 939.